The third-order valence-corrected chi connectivity index (χ3v) is 4.24. The zero-order valence-electron chi connectivity index (χ0n) is 13.0. The minimum Gasteiger partial charge on any atom is -0.495 e. The fraction of sp³-hybridized carbons (Fsp3) is 0.533. The molecule has 6 heteroatoms. The summed E-state index contributed by atoms with van der Waals surface area (Å²) in [5, 5.41) is 3.29. The number of halogens is 1. The van der Waals surface area contributed by atoms with Gasteiger partial charge in [-0.15, -0.1) is 0 Å². The minimum atomic E-state index is -0.585. The number of nitrogens with one attached hydrogen (secondary N) is 1. The van der Waals surface area contributed by atoms with E-state index in [1.807, 2.05) is 13.8 Å². The van der Waals surface area contributed by atoms with Crippen LogP contribution in [0.4, 0.5) is 5.69 Å². The van der Waals surface area contributed by atoms with Crippen molar-refractivity contribution in [2.75, 3.05) is 26.1 Å². The maximum absolute atomic E-state index is 12.6. The molecule has 3 N–H and O–H groups in total. The zero-order valence-corrected chi connectivity index (χ0v) is 13.7. The van der Waals surface area contributed by atoms with E-state index in [1.165, 1.54) is 14.2 Å². The number of carbonyl (C=O) groups excluding carboxylic acids is 1. The molecule has 1 amide bonds. The van der Waals surface area contributed by atoms with Crippen molar-refractivity contribution < 1.29 is 14.3 Å². The summed E-state index contributed by atoms with van der Waals surface area (Å²) in [4.78, 5) is 12.6. The van der Waals surface area contributed by atoms with Crippen LogP contribution in [0.25, 0.3) is 0 Å². The molecule has 0 fully saturated rings. The first-order valence-electron chi connectivity index (χ1n) is 6.91. The number of hydrogen-bond donors (Lipinski definition) is 2. The van der Waals surface area contributed by atoms with Gasteiger partial charge in [0.2, 0.25) is 5.91 Å². The van der Waals surface area contributed by atoms with Crippen LogP contribution in [0.15, 0.2) is 12.1 Å². The molecule has 1 aromatic rings. The van der Waals surface area contributed by atoms with E-state index < -0.39 is 5.41 Å². The second-order valence-corrected chi connectivity index (χ2v) is 5.24. The predicted octanol–water partition coefficient (Wildman–Crippen LogP) is 3.06. The fourth-order valence-corrected chi connectivity index (χ4v) is 2.40. The normalized spacial score (nSPS) is 11.1. The zero-order chi connectivity index (χ0) is 16.0. The summed E-state index contributed by atoms with van der Waals surface area (Å²) in [6.45, 7) is 4.20. The highest BCUT2D eigenvalue weighted by molar-refractivity contribution is 6.32. The molecule has 0 heterocycles. The maximum Gasteiger partial charge on any atom is 0.231 e. The van der Waals surface area contributed by atoms with E-state index in [2.05, 4.69) is 5.32 Å². The smallest absolute Gasteiger partial charge is 0.231 e. The van der Waals surface area contributed by atoms with Gasteiger partial charge in [-0.1, -0.05) is 25.4 Å². The van der Waals surface area contributed by atoms with Crippen molar-refractivity contribution in [3.63, 3.8) is 0 Å². The lowest BCUT2D eigenvalue weighted by atomic mass is 9.81. The van der Waals surface area contributed by atoms with Crippen molar-refractivity contribution >= 4 is 23.2 Å². The highest BCUT2D eigenvalue weighted by Gasteiger charge is 2.33. The summed E-state index contributed by atoms with van der Waals surface area (Å²) in [6.07, 6.45) is 1.33. The number of rotatable bonds is 7. The Labute approximate surface area is 130 Å². The molecular weight excluding hydrogens is 292 g/mol. The van der Waals surface area contributed by atoms with E-state index in [9.17, 15) is 4.79 Å². The van der Waals surface area contributed by atoms with Crippen molar-refractivity contribution in [1.29, 1.82) is 0 Å². The van der Waals surface area contributed by atoms with Crippen LogP contribution in [0, 0.1) is 5.41 Å². The second-order valence-electron chi connectivity index (χ2n) is 4.83. The molecule has 0 aliphatic heterocycles. The Kier molecular flexibility index (Phi) is 6.30. The highest BCUT2D eigenvalue weighted by Crippen LogP contribution is 2.37. The fourth-order valence-electron chi connectivity index (χ4n) is 2.17. The largest absolute Gasteiger partial charge is 0.495 e. The number of hydrogen-bond acceptors (Lipinski definition) is 4. The molecule has 0 aliphatic rings. The Morgan fingerprint density at radius 1 is 1.24 bits per heavy atom. The third kappa shape index (κ3) is 3.60. The van der Waals surface area contributed by atoms with Crippen LogP contribution in [0.2, 0.25) is 5.02 Å². The van der Waals surface area contributed by atoms with Gasteiger partial charge >= 0.3 is 0 Å². The van der Waals surface area contributed by atoms with Gasteiger partial charge in [0.1, 0.15) is 11.5 Å². The molecule has 0 unspecified atom stereocenters. The van der Waals surface area contributed by atoms with E-state index in [4.69, 9.17) is 26.8 Å². The first-order chi connectivity index (χ1) is 9.97. The van der Waals surface area contributed by atoms with Gasteiger partial charge in [-0.25, -0.2) is 0 Å². The Hall–Kier alpha value is -1.46. The Morgan fingerprint density at radius 3 is 2.24 bits per heavy atom. The minimum absolute atomic E-state index is 0.127. The maximum atomic E-state index is 12.6. The van der Waals surface area contributed by atoms with Gasteiger partial charge in [-0.3, -0.25) is 4.79 Å². The standard InChI is InChI=1S/C15H23ClN2O3/c1-5-15(6-2,9-17)14(19)18-11-8-12(20-3)10(16)7-13(11)21-4/h7-8H,5-6,9,17H2,1-4H3,(H,18,19). The lowest BCUT2D eigenvalue weighted by molar-refractivity contribution is -0.125. The monoisotopic (exact) mass is 314 g/mol. The van der Waals surface area contributed by atoms with Crippen molar-refractivity contribution in [3.05, 3.63) is 17.2 Å². The second kappa shape index (κ2) is 7.52. The molecule has 0 saturated heterocycles. The quantitative estimate of drug-likeness (QED) is 0.811. The summed E-state index contributed by atoms with van der Waals surface area (Å²) < 4.78 is 10.4. The molecule has 0 radical (unpaired) electrons. The van der Waals surface area contributed by atoms with Crippen LogP contribution in [0.1, 0.15) is 26.7 Å². The first-order valence-corrected chi connectivity index (χ1v) is 7.28. The summed E-state index contributed by atoms with van der Waals surface area (Å²) in [5.41, 5.74) is 5.73. The predicted molar refractivity (Wildman–Crippen MR) is 85.3 cm³/mol. The third-order valence-electron chi connectivity index (χ3n) is 3.95. The van der Waals surface area contributed by atoms with Crippen LogP contribution in [0.5, 0.6) is 11.5 Å². The van der Waals surface area contributed by atoms with Crippen molar-refractivity contribution in [2.24, 2.45) is 11.1 Å². The van der Waals surface area contributed by atoms with Gasteiger partial charge in [-0.2, -0.15) is 0 Å². The molecule has 0 aromatic heterocycles. The van der Waals surface area contributed by atoms with Crippen molar-refractivity contribution in [2.45, 2.75) is 26.7 Å². The van der Waals surface area contributed by atoms with E-state index in [0.29, 0.717) is 41.6 Å². The molecule has 0 saturated carbocycles. The van der Waals surface area contributed by atoms with Crippen LogP contribution < -0.4 is 20.5 Å². The Balaban J connectivity index is 3.14. The number of carbonyl (C=O) groups is 1. The number of ether oxygens (including phenoxy) is 2. The lowest BCUT2D eigenvalue weighted by Crippen LogP contribution is -2.41. The molecule has 1 aromatic carbocycles. The lowest BCUT2D eigenvalue weighted by Gasteiger charge is -2.29. The van der Waals surface area contributed by atoms with Crippen molar-refractivity contribution in [1.82, 2.24) is 0 Å². The number of methoxy groups -OCH3 is 2. The molecular formula is C15H23ClN2O3. The van der Waals surface area contributed by atoms with Gasteiger partial charge in [0.05, 0.1) is 30.3 Å². The molecule has 0 aliphatic carbocycles. The van der Waals surface area contributed by atoms with E-state index in [1.54, 1.807) is 12.1 Å². The molecule has 0 spiro atoms. The van der Waals surface area contributed by atoms with E-state index >= 15 is 0 Å². The molecule has 1 rings (SSSR count). The molecule has 118 valence electrons. The molecule has 0 bridgehead atoms. The van der Waals surface area contributed by atoms with Crippen LogP contribution >= 0.6 is 11.6 Å². The molecule has 21 heavy (non-hydrogen) atoms. The van der Waals surface area contributed by atoms with Gasteiger partial charge < -0.3 is 20.5 Å². The van der Waals surface area contributed by atoms with Crippen molar-refractivity contribution in [3.8, 4) is 11.5 Å². The van der Waals surface area contributed by atoms with E-state index in [-0.39, 0.29) is 5.91 Å². The summed E-state index contributed by atoms with van der Waals surface area (Å²) in [7, 11) is 3.03. The van der Waals surface area contributed by atoms with Gasteiger partial charge in [0.25, 0.3) is 0 Å². The number of anilines is 1. The van der Waals surface area contributed by atoms with Crippen LogP contribution in [0.3, 0.4) is 0 Å². The van der Waals surface area contributed by atoms with Crippen LogP contribution in [-0.2, 0) is 4.79 Å². The van der Waals surface area contributed by atoms with E-state index in [0.717, 1.165) is 0 Å². The first kappa shape index (κ1) is 17.6. The van der Waals surface area contributed by atoms with Crippen LogP contribution in [-0.4, -0.2) is 26.7 Å². The average Bonchev–Trinajstić information content (AvgIpc) is 2.50. The number of nitrogens with two attached hydrogens (primary N) is 1. The molecule has 5 nitrogen and oxygen atoms in total. The Morgan fingerprint density at radius 2 is 1.81 bits per heavy atom. The van der Waals surface area contributed by atoms with Gasteiger partial charge in [-0.05, 0) is 12.8 Å². The topological polar surface area (TPSA) is 73.6 Å². The number of amides is 1. The summed E-state index contributed by atoms with van der Waals surface area (Å²) in [6, 6.07) is 3.25. The number of benzene rings is 1. The SMILES string of the molecule is CCC(CC)(CN)C(=O)Nc1cc(OC)c(Cl)cc1OC. The summed E-state index contributed by atoms with van der Waals surface area (Å²) >= 11 is 6.05. The summed E-state index contributed by atoms with van der Waals surface area (Å²) in [5.74, 6) is 0.823. The van der Waals surface area contributed by atoms with Gasteiger partial charge in [0.15, 0.2) is 0 Å². The van der Waals surface area contributed by atoms with Gasteiger partial charge in [0, 0.05) is 18.7 Å². The molecule has 0 atom stereocenters. The average molecular weight is 315 g/mol. The highest BCUT2D eigenvalue weighted by atomic mass is 35.5. The Bertz CT molecular complexity index is 494.